The predicted octanol–water partition coefficient (Wildman–Crippen LogP) is 1.41. The number of aromatic hydroxyl groups is 1. The van der Waals surface area contributed by atoms with Crippen LogP contribution in [0.1, 0.15) is 5.56 Å². The maximum absolute atomic E-state index is 12.8. The second-order valence-corrected chi connectivity index (χ2v) is 2.12. The molecule has 0 atom stereocenters. The molecular weight excluding hydrogens is 161 g/mol. The van der Waals surface area contributed by atoms with Crippen LogP contribution in [-0.4, -0.2) is 12.2 Å². The van der Waals surface area contributed by atoms with Gasteiger partial charge in [0.2, 0.25) is 0 Å². The minimum atomic E-state index is -0.702. The van der Waals surface area contributed by atoms with Gasteiger partial charge in [-0.3, -0.25) is 0 Å². The number of methoxy groups -OCH3 is 1. The summed E-state index contributed by atoms with van der Waals surface area (Å²) >= 11 is 0. The van der Waals surface area contributed by atoms with Crippen LogP contribution >= 0.6 is 0 Å². The van der Waals surface area contributed by atoms with Crippen LogP contribution in [0.4, 0.5) is 4.39 Å². The lowest BCUT2D eigenvalue weighted by molar-refractivity contribution is 0.370. The lowest BCUT2D eigenvalue weighted by atomic mass is 10.2. The molecule has 12 heavy (non-hydrogen) atoms. The van der Waals surface area contributed by atoms with Gasteiger partial charge < -0.3 is 9.84 Å². The molecule has 1 N–H and O–H groups in total. The highest BCUT2D eigenvalue weighted by Crippen LogP contribution is 2.27. The van der Waals surface area contributed by atoms with E-state index in [0.29, 0.717) is 0 Å². The van der Waals surface area contributed by atoms with Crippen LogP contribution in [0.5, 0.6) is 11.5 Å². The number of phenolic OH excluding ortho intramolecular Hbond substituents is 1. The Morgan fingerprint density at radius 3 is 2.75 bits per heavy atom. The molecule has 0 aliphatic heterocycles. The summed E-state index contributed by atoms with van der Waals surface area (Å²) in [6.45, 7) is 0. The molecule has 1 aromatic rings. The molecule has 0 spiro atoms. The van der Waals surface area contributed by atoms with Crippen molar-refractivity contribution in [2.24, 2.45) is 0 Å². The van der Waals surface area contributed by atoms with Crippen molar-refractivity contribution in [1.82, 2.24) is 0 Å². The fourth-order valence-electron chi connectivity index (χ4n) is 0.793. The van der Waals surface area contributed by atoms with Crippen LogP contribution in [0.2, 0.25) is 0 Å². The van der Waals surface area contributed by atoms with Gasteiger partial charge in [0.25, 0.3) is 0 Å². The predicted molar refractivity (Wildman–Crippen MR) is 39.3 cm³/mol. The van der Waals surface area contributed by atoms with Gasteiger partial charge in [-0.1, -0.05) is 0 Å². The number of benzene rings is 1. The molecule has 0 aromatic heterocycles. The molecule has 0 aliphatic rings. The van der Waals surface area contributed by atoms with Crippen LogP contribution in [0.25, 0.3) is 0 Å². The minimum Gasteiger partial charge on any atom is -0.504 e. The monoisotopic (exact) mass is 167 g/mol. The molecule has 0 amide bonds. The van der Waals surface area contributed by atoms with Crippen molar-refractivity contribution < 1.29 is 14.2 Å². The van der Waals surface area contributed by atoms with Gasteiger partial charge in [0.05, 0.1) is 12.7 Å². The molecular formula is C8H6FNO2. The van der Waals surface area contributed by atoms with E-state index < -0.39 is 5.82 Å². The van der Waals surface area contributed by atoms with Crippen LogP contribution in [-0.2, 0) is 0 Å². The number of rotatable bonds is 1. The van der Waals surface area contributed by atoms with Gasteiger partial charge in [-0.15, -0.1) is 0 Å². The third-order valence-corrected chi connectivity index (χ3v) is 1.39. The molecule has 0 aliphatic carbocycles. The average Bonchev–Trinajstić information content (AvgIpc) is 2.08. The number of halogens is 1. The number of nitrogens with zero attached hydrogens (tertiary/aromatic N) is 1. The summed E-state index contributed by atoms with van der Waals surface area (Å²) in [6, 6.07) is 3.58. The molecule has 0 bridgehead atoms. The maximum Gasteiger partial charge on any atom is 0.163 e. The summed E-state index contributed by atoms with van der Waals surface area (Å²) in [6.07, 6.45) is 0. The molecule has 0 unspecified atom stereocenters. The highest BCUT2D eigenvalue weighted by molar-refractivity contribution is 5.46. The molecule has 0 fully saturated rings. The highest BCUT2D eigenvalue weighted by atomic mass is 19.1. The van der Waals surface area contributed by atoms with Crippen LogP contribution in [0.3, 0.4) is 0 Å². The number of phenols is 1. The van der Waals surface area contributed by atoms with Crippen LogP contribution in [0, 0.1) is 17.1 Å². The van der Waals surface area contributed by atoms with Crippen LogP contribution < -0.4 is 4.74 Å². The standard InChI is InChI=1S/C8H6FNO2/c1-12-8-3-6(9)5(4-10)2-7(8)11/h2-3,11H,1H3. The Morgan fingerprint density at radius 2 is 2.25 bits per heavy atom. The largest absolute Gasteiger partial charge is 0.504 e. The van der Waals surface area contributed by atoms with Crippen molar-refractivity contribution in [1.29, 1.82) is 5.26 Å². The molecule has 4 heteroatoms. The third-order valence-electron chi connectivity index (χ3n) is 1.39. The van der Waals surface area contributed by atoms with E-state index in [-0.39, 0.29) is 17.1 Å². The molecule has 0 saturated carbocycles. The van der Waals surface area contributed by atoms with Crippen molar-refractivity contribution in [2.75, 3.05) is 7.11 Å². The zero-order valence-electron chi connectivity index (χ0n) is 6.34. The van der Waals surface area contributed by atoms with E-state index in [4.69, 9.17) is 10.4 Å². The van der Waals surface area contributed by atoms with E-state index in [1.165, 1.54) is 7.11 Å². The van der Waals surface area contributed by atoms with Gasteiger partial charge in [0.1, 0.15) is 11.9 Å². The summed E-state index contributed by atoms with van der Waals surface area (Å²) < 4.78 is 17.4. The topological polar surface area (TPSA) is 53.2 Å². The fraction of sp³-hybridized carbons (Fsp3) is 0.125. The summed E-state index contributed by atoms with van der Waals surface area (Å²) in [5, 5.41) is 17.5. The Bertz CT molecular complexity index is 343. The second-order valence-electron chi connectivity index (χ2n) is 2.12. The maximum atomic E-state index is 12.8. The van der Waals surface area contributed by atoms with Gasteiger partial charge >= 0.3 is 0 Å². The number of hydrogen-bond donors (Lipinski definition) is 1. The van der Waals surface area contributed by atoms with E-state index in [1.807, 2.05) is 0 Å². The fourth-order valence-corrected chi connectivity index (χ4v) is 0.793. The Labute approximate surface area is 68.6 Å². The number of nitriles is 1. The Balaban J connectivity index is 3.28. The Kier molecular flexibility index (Phi) is 2.15. The van der Waals surface area contributed by atoms with Crippen molar-refractivity contribution in [2.45, 2.75) is 0 Å². The van der Waals surface area contributed by atoms with E-state index in [2.05, 4.69) is 4.74 Å². The molecule has 1 rings (SSSR count). The molecule has 0 heterocycles. The SMILES string of the molecule is COc1cc(F)c(C#N)cc1O. The first-order chi connectivity index (χ1) is 5.69. The second kappa shape index (κ2) is 3.09. The van der Waals surface area contributed by atoms with E-state index in [1.54, 1.807) is 6.07 Å². The van der Waals surface area contributed by atoms with Crippen molar-refractivity contribution in [3.8, 4) is 17.6 Å². The highest BCUT2D eigenvalue weighted by Gasteiger charge is 2.08. The third kappa shape index (κ3) is 1.30. The van der Waals surface area contributed by atoms with Gasteiger partial charge in [-0.2, -0.15) is 5.26 Å². The van der Waals surface area contributed by atoms with E-state index in [9.17, 15) is 4.39 Å². The molecule has 0 saturated heterocycles. The minimum absolute atomic E-state index is 0.0199. The van der Waals surface area contributed by atoms with E-state index in [0.717, 1.165) is 12.1 Å². The molecule has 1 aromatic carbocycles. The first-order valence-corrected chi connectivity index (χ1v) is 3.15. The smallest absolute Gasteiger partial charge is 0.163 e. The number of ether oxygens (including phenoxy) is 1. The molecule has 62 valence electrons. The van der Waals surface area contributed by atoms with Crippen molar-refractivity contribution in [3.05, 3.63) is 23.5 Å². The number of hydrogen-bond acceptors (Lipinski definition) is 3. The molecule has 3 nitrogen and oxygen atoms in total. The lowest BCUT2D eigenvalue weighted by Crippen LogP contribution is -1.88. The summed E-state index contributed by atoms with van der Waals surface area (Å²) in [7, 11) is 1.31. The van der Waals surface area contributed by atoms with Gasteiger partial charge in [-0.25, -0.2) is 4.39 Å². The summed E-state index contributed by atoms with van der Waals surface area (Å²) in [5.41, 5.74) is -0.201. The first-order valence-electron chi connectivity index (χ1n) is 3.15. The normalized spacial score (nSPS) is 9.08. The average molecular weight is 167 g/mol. The van der Waals surface area contributed by atoms with Gasteiger partial charge in [-0.05, 0) is 0 Å². The Morgan fingerprint density at radius 1 is 1.58 bits per heavy atom. The van der Waals surface area contributed by atoms with Crippen LogP contribution in [0.15, 0.2) is 12.1 Å². The Hall–Kier alpha value is -1.76. The molecule has 0 radical (unpaired) electrons. The zero-order valence-corrected chi connectivity index (χ0v) is 6.34. The van der Waals surface area contributed by atoms with Crippen molar-refractivity contribution >= 4 is 0 Å². The van der Waals surface area contributed by atoms with Crippen molar-refractivity contribution in [3.63, 3.8) is 0 Å². The van der Waals surface area contributed by atoms with Gasteiger partial charge in [0.15, 0.2) is 11.5 Å². The van der Waals surface area contributed by atoms with E-state index >= 15 is 0 Å². The van der Waals surface area contributed by atoms with Gasteiger partial charge in [0, 0.05) is 12.1 Å². The first kappa shape index (κ1) is 8.34. The summed E-state index contributed by atoms with van der Waals surface area (Å²) in [4.78, 5) is 0. The zero-order chi connectivity index (χ0) is 9.14. The summed E-state index contributed by atoms with van der Waals surface area (Å²) in [5.74, 6) is -0.922. The lowest BCUT2D eigenvalue weighted by Gasteiger charge is -2.02. The quantitative estimate of drug-likeness (QED) is 0.688.